The van der Waals surface area contributed by atoms with Crippen molar-refractivity contribution in [3.05, 3.63) is 28.7 Å². The van der Waals surface area contributed by atoms with Gasteiger partial charge in [-0.05, 0) is 24.6 Å². The molecule has 0 saturated carbocycles. The standard InChI is InChI=1S/C13H18N4O5S2/c1-23(19,20)16-5-2-6-17(8-7-16)24(21,22)10-3-4-11-12(9-10)15-13(18)14-11/h3-4,9H,2,5-8H2,1H3,(H2,14,15,18). The molecule has 2 N–H and O–H groups in total. The minimum atomic E-state index is -3.76. The molecule has 11 heteroatoms. The van der Waals surface area contributed by atoms with Crippen LogP contribution in [0.5, 0.6) is 0 Å². The van der Waals surface area contributed by atoms with Crippen molar-refractivity contribution in [2.24, 2.45) is 0 Å². The second kappa shape index (κ2) is 5.99. The third-order valence-electron chi connectivity index (χ3n) is 4.01. The quantitative estimate of drug-likeness (QED) is 0.750. The van der Waals surface area contributed by atoms with Crippen LogP contribution in [0, 0.1) is 0 Å². The van der Waals surface area contributed by atoms with Crippen molar-refractivity contribution >= 4 is 31.1 Å². The minimum Gasteiger partial charge on any atom is -0.306 e. The fraction of sp³-hybridized carbons (Fsp3) is 0.462. The highest BCUT2D eigenvalue weighted by molar-refractivity contribution is 7.89. The number of H-pyrrole nitrogens is 2. The van der Waals surface area contributed by atoms with E-state index in [2.05, 4.69) is 9.97 Å². The summed E-state index contributed by atoms with van der Waals surface area (Å²) in [7, 11) is -7.10. The van der Waals surface area contributed by atoms with Crippen molar-refractivity contribution in [1.29, 1.82) is 0 Å². The van der Waals surface area contributed by atoms with Gasteiger partial charge in [0.25, 0.3) is 0 Å². The predicted octanol–water partition coefficient (Wildman–Crippen LogP) is -0.488. The Kier molecular flexibility index (Phi) is 4.28. The molecule has 9 nitrogen and oxygen atoms in total. The summed E-state index contributed by atoms with van der Waals surface area (Å²) in [5.41, 5.74) is 0.532. The van der Waals surface area contributed by atoms with Crippen LogP contribution in [-0.2, 0) is 20.0 Å². The number of fused-ring (bicyclic) bond motifs is 1. The Morgan fingerprint density at radius 1 is 0.917 bits per heavy atom. The first-order valence-corrected chi connectivity index (χ1v) is 10.6. The van der Waals surface area contributed by atoms with Crippen LogP contribution < -0.4 is 5.69 Å². The Morgan fingerprint density at radius 3 is 2.25 bits per heavy atom. The summed E-state index contributed by atoms with van der Waals surface area (Å²) in [6.45, 7) is 0.767. The molecule has 0 aliphatic carbocycles. The average Bonchev–Trinajstić information content (AvgIpc) is 2.70. The average molecular weight is 374 g/mol. The third-order valence-corrected chi connectivity index (χ3v) is 7.21. The molecule has 0 spiro atoms. The van der Waals surface area contributed by atoms with Crippen LogP contribution in [0.25, 0.3) is 11.0 Å². The van der Waals surface area contributed by atoms with Gasteiger partial charge in [-0.25, -0.2) is 25.9 Å². The van der Waals surface area contributed by atoms with Gasteiger partial charge in [-0.3, -0.25) is 0 Å². The maximum atomic E-state index is 12.8. The normalized spacial score (nSPS) is 18.7. The Hall–Kier alpha value is -1.69. The molecule has 1 saturated heterocycles. The Morgan fingerprint density at radius 2 is 1.54 bits per heavy atom. The van der Waals surface area contributed by atoms with Gasteiger partial charge in [-0.2, -0.15) is 4.31 Å². The summed E-state index contributed by atoms with van der Waals surface area (Å²) in [5.74, 6) is 0. The van der Waals surface area contributed by atoms with Crippen LogP contribution in [0.4, 0.5) is 0 Å². The molecule has 1 aliphatic heterocycles. The maximum Gasteiger partial charge on any atom is 0.323 e. The number of hydrogen-bond donors (Lipinski definition) is 2. The molecule has 0 amide bonds. The van der Waals surface area contributed by atoms with Crippen LogP contribution in [0.2, 0.25) is 0 Å². The highest BCUT2D eigenvalue weighted by atomic mass is 32.2. The number of nitrogens with zero attached hydrogens (tertiary/aromatic N) is 2. The molecular formula is C13H18N4O5S2. The largest absolute Gasteiger partial charge is 0.323 e. The van der Waals surface area contributed by atoms with Crippen molar-refractivity contribution in [2.45, 2.75) is 11.3 Å². The van der Waals surface area contributed by atoms with Crippen molar-refractivity contribution in [1.82, 2.24) is 18.6 Å². The van der Waals surface area contributed by atoms with Gasteiger partial charge in [0.1, 0.15) is 0 Å². The monoisotopic (exact) mass is 374 g/mol. The van der Waals surface area contributed by atoms with Crippen LogP contribution in [-0.4, -0.2) is 67.8 Å². The molecule has 0 atom stereocenters. The maximum absolute atomic E-state index is 12.8. The Labute approximate surface area is 139 Å². The summed E-state index contributed by atoms with van der Waals surface area (Å²) in [6.07, 6.45) is 1.54. The molecular weight excluding hydrogens is 356 g/mol. The first-order valence-electron chi connectivity index (χ1n) is 7.35. The minimum absolute atomic E-state index is 0.0676. The van der Waals surface area contributed by atoms with E-state index in [0.717, 1.165) is 6.26 Å². The molecule has 24 heavy (non-hydrogen) atoms. The van der Waals surface area contributed by atoms with Crippen molar-refractivity contribution in [3.63, 3.8) is 0 Å². The van der Waals surface area contributed by atoms with Gasteiger partial charge in [0.2, 0.25) is 20.0 Å². The van der Waals surface area contributed by atoms with E-state index in [1.54, 1.807) is 0 Å². The molecule has 0 unspecified atom stereocenters. The zero-order valence-corrected chi connectivity index (χ0v) is 14.7. The third kappa shape index (κ3) is 3.24. The lowest BCUT2D eigenvalue weighted by Gasteiger charge is -2.20. The predicted molar refractivity (Wildman–Crippen MR) is 88.7 cm³/mol. The van der Waals surface area contributed by atoms with E-state index >= 15 is 0 Å². The topological polar surface area (TPSA) is 123 Å². The highest BCUT2D eigenvalue weighted by Gasteiger charge is 2.29. The second-order valence-electron chi connectivity index (χ2n) is 5.71. The lowest BCUT2D eigenvalue weighted by Crippen LogP contribution is -2.36. The van der Waals surface area contributed by atoms with E-state index in [0.29, 0.717) is 24.0 Å². The number of aromatic amines is 2. The Balaban J connectivity index is 1.90. The van der Waals surface area contributed by atoms with Gasteiger partial charge in [-0.1, -0.05) is 0 Å². The number of nitrogens with one attached hydrogen (secondary N) is 2. The van der Waals surface area contributed by atoms with Crippen LogP contribution in [0.3, 0.4) is 0 Å². The number of hydrogen-bond acceptors (Lipinski definition) is 5. The Bertz CT molecular complexity index is 1020. The van der Waals surface area contributed by atoms with Gasteiger partial charge in [0.15, 0.2) is 0 Å². The number of imidazole rings is 1. The van der Waals surface area contributed by atoms with Crippen molar-refractivity contribution in [2.75, 3.05) is 32.4 Å². The summed E-state index contributed by atoms with van der Waals surface area (Å²) in [4.78, 5) is 16.4. The van der Waals surface area contributed by atoms with Crippen LogP contribution >= 0.6 is 0 Å². The number of rotatable bonds is 3. The molecule has 1 aromatic heterocycles. The van der Waals surface area contributed by atoms with E-state index in [4.69, 9.17) is 0 Å². The fourth-order valence-corrected chi connectivity index (χ4v) is 5.13. The fourth-order valence-electron chi connectivity index (χ4n) is 2.76. The zero-order chi connectivity index (χ0) is 17.5. The van der Waals surface area contributed by atoms with E-state index < -0.39 is 25.7 Å². The number of sulfonamides is 2. The SMILES string of the molecule is CS(=O)(=O)N1CCCN(S(=O)(=O)c2ccc3[nH]c(=O)[nH]c3c2)CC1. The molecule has 1 aromatic carbocycles. The van der Waals surface area contributed by atoms with Gasteiger partial charge < -0.3 is 9.97 Å². The molecule has 2 heterocycles. The lowest BCUT2D eigenvalue weighted by atomic mass is 10.3. The molecule has 1 aliphatic rings. The lowest BCUT2D eigenvalue weighted by molar-refractivity contribution is 0.406. The van der Waals surface area contributed by atoms with Gasteiger partial charge >= 0.3 is 5.69 Å². The first-order chi connectivity index (χ1) is 11.2. The van der Waals surface area contributed by atoms with Crippen LogP contribution in [0.1, 0.15) is 6.42 Å². The van der Waals surface area contributed by atoms with Gasteiger partial charge in [0, 0.05) is 26.2 Å². The highest BCUT2D eigenvalue weighted by Crippen LogP contribution is 2.21. The zero-order valence-electron chi connectivity index (χ0n) is 13.0. The summed E-state index contributed by atoms with van der Waals surface area (Å²) in [5, 5.41) is 0. The molecule has 0 bridgehead atoms. The van der Waals surface area contributed by atoms with E-state index in [1.807, 2.05) is 0 Å². The van der Waals surface area contributed by atoms with Crippen molar-refractivity contribution < 1.29 is 16.8 Å². The molecule has 1 fully saturated rings. The summed E-state index contributed by atoms with van der Waals surface area (Å²) >= 11 is 0. The first kappa shape index (κ1) is 17.1. The van der Waals surface area contributed by atoms with E-state index in [-0.39, 0.29) is 24.5 Å². The summed E-state index contributed by atoms with van der Waals surface area (Å²) in [6, 6.07) is 4.36. The molecule has 132 valence electrons. The van der Waals surface area contributed by atoms with Gasteiger partial charge in [0.05, 0.1) is 22.2 Å². The second-order valence-corrected chi connectivity index (χ2v) is 9.63. The molecule has 2 aromatic rings. The summed E-state index contributed by atoms with van der Waals surface area (Å²) < 4.78 is 51.4. The number of aromatic nitrogens is 2. The number of benzene rings is 1. The smallest absolute Gasteiger partial charge is 0.306 e. The molecule has 0 radical (unpaired) electrons. The van der Waals surface area contributed by atoms with E-state index in [1.165, 1.54) is 26.8 Å². The van der Waals surface area contributed by atoms with Crippen molar-refractivity contribution in [3.8, 4) is 0 Å². The molecule has 3 rings (SSSR count). The van der Waals surface area contributed by atoms with Gasteiger partial charge in [-0.15, -0.1) is 0 Å². The van der Waals surface area contributed by atoms with Crippen LogP contribution in [0.15, 0.2) is 27.9 Å². The van der Waals surface area contributed by atoms with E-state index in [9.17, 15) is 21.6 Å².